The molecule has 0 spiro atoms. The van der Waals surface area contributed by atoms with Crippen LogP contribution in [0.2, 0.25) is 0 Å². The van der Waals surface area contributed by atoms with Gasteiger partial charge < -0.3 is 20.9 Å². The lowest BCUT2D eigenvalue weighted by Crippen LogP contribution is -2.30. The number of thioether (sulfide) groups is 1. The van der Waals surface area contributed by atoms with Crippen LogP contribution < -0.4 is 20.9 Å². The third kappa shape index (κ3) is 8.74. The molecule has 0 saturated heterocycles. The first-order chi connectivity index (χ1) is 22.4. The molecule has 46 heavy (non-hydrogen) atoms. The van der Waals surface area contributed by atoms with E-state index in [0.29, 0.717) is 16.9 Å². The molecule has 5 rings (SSSR count). The second kappa shape index (κ2) is 15.4. The maximum atomic E-state index is 13.7. The van der Waals surface area contributed by atoms with Crippen molar-refractivity contribution in [3.63, 3.8) is 0 Å². The van der Waals surface area contributed by atoms with E-state index in [4.69, 9.17) is 0 Å². The molecule has 1 atom stereocenters. The van der Waals surface area contributed by atoms with Gasteiger partial charge in [0, 0.05) is 41.6 Å². The Labute approximate surface area is 273 Å². The molecular formula is C38H34N4O3S. The van der Waals surface area contributed by atoms with Crippen LogP contribution in [0.3, 0.4) is 0 Å². The van der Waals surface area contributed by atoms with E-state index < -0.39 is 17.1 Å². The molecule has 5 aromatic rings. The fraction of sp³-hybridized carbons (Fsp3) is 0.0789. The molecule has 0 aromatic heterocycles. The monoisotopic (exact) mass is 626 g/mol. The fourth-order valence-corrected chi connectivity index (χ4v) is 5.67. The fourth-order valence-electron chi connectivity index (χ4n) is 4.59. The topological polar surface area (TPSA) is 90.5 Å². The molecule has 0 aliphatic carbocycles. The molecule has 0 fully saturated rings. The van der Waals surface area contributed by atoms with E-state index >= 15 is 0 Å². The minimum Gasteiger partial charge on any atom is -0.378 e. The van der Waals surface area contributed by atoms with Gasteiger partial charge >= 0.3 is 0 Å². The molecule has 3 amide bonds. The summed E-state index contributed by atoms with van der Waals surface area (Å²) in [6.07, 6.45) is 1.65. The van der Waals surface area contributed by atoms with Gasteiger partial charge in [-0.2, -0.15) is 0 Å². The molecule has 0 heterocycles. The Morgan fingerprint density at radius 2 is 1.28 bits per heavy atom. The third-order valence-corrected chi connectivity index (χ3v) is 8.22. The summed E-state index contributed by atoms with van der Waals surface area (Å²) in [6.45, 7) is 0. The van der Waals surface area contributed by atoms with Crippen LogP contribution >= 0.6 is 11.8 Å². The molecular weight excluding hydrogens is 593 g/mol. The molecule has 3 N–H and O–H groups in total. The number of nitrogens with one attached hydrogen (secondary N) is 3. The molecule has 0 radical (unpaired) electrons. The highest BCUT2D eigenvalue weighted by Gasteiger charge is 2.23. The number of carbonyl (C=O) groups excluding carboxylic acids is 3. The van der Waals surface area contributed by atoms with Gasteiger partial charge in [-0.15, -0.1) is 11.8 Å². The van der Waals surface area contributed by atoms with Crippen LogP contribution in [0.25, 0.3) is 6.08 Å². The summed E-state index contributed by atoms with van der Waals surface area (Å²) in [4.78, 5) is 43.0. The van der Waals surface area contributed by atoms with E-state index in [1.165, 1.54) is 11.8 Å². The first-order valence-electron chi connectivity index (χ1n) is 14.7. The maximum absolute atomic E-state index is 13.7. The van der Waals surface area contributed by atoms with E-state index in [1.54, 1.807) is 36.4 Å². The molecule has 7 nitrogen and oxygen atoms in total. The standard InChI is InChI=1S/C38H34N4O3S/c1-42(2)32-23-21-27(22-24-32)25-34(41-36(43)29-15-8-4-9-16-29)37(44)40-31-19-12-20-33(26-31)46-35(28-13-6-3-7-14-28)38(45)39-30-17-10-5-11-18-30/h3-26,35H,1-2H3,(H,39,45)(H,40,44)(H,41,43)/b34-25+. The Bertz CT molecular complexity index is 1810. The Morgan fingerprint density at radius 3 is 1.93 bits per heavy atom. The lowest BCUT2D eigenvalue weighted by Gasteiger charge is -2.18. The Morgan fingerprint density at radius 1 is 0.674 bits per heavy atom. The number of amides is 3. The van der Waals surface area contributed by atoms with Gasteiger partial charge in [-0.3, -0.25) is 14.4 Å². The Kier molecular flexibility index (Phi) is 10.7. The predicted molar refractivity (Wildman–Crippen MR) is 188 cm³/mol. The molecule has 1 unspecified atom stereocenters. The number of anilines is 3. The van der Waals surface area contributed by atoms with E-state index in [0.717, 1.165) is 21.7 Å². The minimum atomic E-state index is -0.543. The van der Waals surface area contributed by atoms with Crippen LogP contribution in [0.5, 0.6) is 0 Å². The lowest BCUT2D eigenvalue weighted by molar-refractivity contribution is -0.116. The highest BCUT2D eigenvalue weighted by atomic mass is 32.2. The molecule has 0 saturated carbocycles. The molecule has 230 valence electrons. The predicted octanol–water partition coefficient (Wildman–Crippen LogP) is 7.63. The Hall–Kier alpha value is -5.60. The van der Waals surface area contributed by atoms with Crippen LogP contribution in [-0.2, 0) is 9.59 Å². The second-order valence-electron chi connectivity index (χ2n) is 10.6. The molecule has 8 heteroatoms. The normalized spacial score (nSPS) is 11.7. The lowest BCUT2D eigenvalue weighted by atomic mass is 10.1. The van der Waals surface area contributed by atoms with Crippen LogP contribution in [-0.4, -0.2) is 31.8 Å². The van der Waals surface area contributed by atoms with Gasteiger partial charge in [-0.05, 0) is 71.8 Å². The number of hydrogen-bond acceptors (Lipinski definition) is 5. The van der Waals surface area contributed by atoms with Gasteiger partial charge in [0.05, 0.1) is 0 Å². The summed E-state index contributed by atoms with van der Waals surface area (Å²) in [6, 6.07) is 42.6. The van der Waals surface area contributed by atoms with Crippen molar-refractivity contribution in [1.29, 1.82) is 0 Å². The summed E-state index contributed by atoms with van der Waals surface area (Å²) < 4.78 is 0. The summed E-state index contributed by atoms with van der Waals surface area (Å²) >= 11 is 1.38. The zero-order valence-corrected chi connectivity index (χ0v) is 26.3. The highest BCUT2D eigenvalue weighted by molar-refractivity contribution is 8.00. The van der Waals surface area contributed by atoms with E-state index in [2.05, 4.69) is 16.0 Å². The number of nitrogens with zero attached hydrogens (tertiary/aromatic N) is 1. The molecule has 0 aliphatic heterocycles. The summed E-state index contributed by atoms with van der Waals surface area (Å²) in [5.41, 5.74) is 4.37. The first-order valence-corrected chi connectivity index (χ1v) is 15.6. The van der Waals surface area contributed by atoms with Crippen molar-refractivity contribution in [3.8, 4) is 0 Å². The first kappa shape index (κ1) is 31.8. The zero-order valence-electron chi connectivity index (χ0n) is 25.5. The average Bonchev–Trinajstić information content (AvgIpc) is 3.08. The number of rotatable bonds is 11. The van der Waals surface area contributed by atoms with Gasteiger partial charge in [-0.25, -0.2) is 0 Å². The highest BCUT2D eigenvalue weighted by Crippen LogP contribution is 2.37. The largest absolute Gasteiger partial charge is 0.378 e. The van der Waals surface area contributed by atoms with Gasteiger partial charge in [0.15, 0.2) is 0 Å². The van der Waals surface area contributed by atoms with Gasteiger partial charge in [-0.1, -0.05) is 84.9 Å². The number of hydrogen-bond donors (Lipinski definition) is 3. The van der Waals surface area contributed by atoms with Crippen LogP contribution in [0.4, 0.5) is 17.1 Å². The van der Waals surface area contributed by atoms with Crippen molar-refractivity contribution in [2.24, 2.45) is 0 Å². The quantitative estimate of drug-likeness (QED) is 0.104. The van der Waals surface area contributed by atoms with Crippen molar-refractivity contribution in [2.45, 2.75) is 10.1 Å². The summed E-state index contributed by atoms with van der Waals surface area (Å²) in [7, 11) is 3.90. The van der Waals surface area contributed by atoms with Crippen molar-refractivity contribution < 1.29 is 14.4 Å². The van der Waals surface area contributed by atoms with Gasteiger partial charge in [0.25, 0.3) is 11.8 Å². The van der Waals surface area contributed by atoms with Crippen LogP contribution in [0.15, 0.2) is 150 Å². The van der Waals surface area contributed by atoms with Gasteiger partial charge in [0.2, 0.25) is 5.91 Å². The number of benzene rings is 5. The van der Waals surface area contributed by atoms with Crippen molar-refractivity contribution in [2.75, 3.05) is 29.6 Å². The molecule has 0 aliphatic rings. The summed E-state index contributed by atoms with van der Waals surface area (Å²) in [5.74, 6) is -1.04. The summed E-state index contributed by atoms with van der Waals surface area (Å²) in [5, 5.41) is 8.18. The second-order valence-corrected chi connectivity index (χ2v) is 11.8. The van der Waals surface area contributed by atoms with Crippen molar-refractivity contribution in [3.05, 3.63) is 162 Å². The van der Waals surface area contributed by atoms with Crippen LogP contribution in [0, 0.1) is 0 Å². The number of carbonyl (C=O) groups is 3. The van der Waals surface area contributed by atoms with Gasteiger partial charge in [0.1, 0.15) is 10.9 Å². The molecule has 0 bridgehead atoms. The van der Waals surface area contributed by atoms with E-state index in [9.17, 15) is 14.4 Å². The molecule has 5 aromatic carbocycles. The van der Waals surface area contributed by atoms with Crippen molar-refractivity contribution in [1.82, 2.24) is 5.32 Å². The smallest absolute Gasteiger partial charge is 0.272 e. The van der Waals surface area contributed by atoms with E-state index in [1.807, 2.05) is 128 Å². The minimum absolute atomic E-state index is 0.0916. The van der Waals surface area contributed by atoms with Crippen LogP contribution in [0.1, 0.15) is 26.7 Å². The SMILES string of the molecule is CN(C)c1ccc(/C=C(/NC(=O)c2ccccc2)C(=O)Nc2cccc(SC(C(=O)Nc3ccccc3)c3ccccc3)c2)cc1. The maximum Gasteiger partial charge on any atom is 0.272 e. The third-order valence-electron chi connectivity index (χ3n) is 6.98. The zero-order chi connectivity index (χ0) is 32.3. The number of para-hydroxylation sites is 1. The van der Waals surface area contributed by atoms with E-state index in [-0.39, 0.29) is 11.6 Å². The van der Waals surface area contributed by atoms with Crippen molar-refractivity contribution >= 4 is 52.6 Å². The average molecular weight is 627 g/mol. The Balaban J connectivity index is 1.38.